The molecule has 0 saturated carbocycles. The second-order valence-corrected chi connectivity index (χ2v) is 7.02. The van der Waals surface area contributed by atoms with E-state index < -0.39 is 62.9 Å². The van der Waals surface area contributed by atoms with Gasteiger partial charge >= 0.3 is 0 Å². The Labute approximate surface area is 145 Å². The van der Waals surface area contributed by atoms with E-state index in [1.54, 1.807) is 0 Å². The first kappa shape index (κ1) is 19.6. The minimum Gasteiger partial charge on any atom is -0.322 e. The van der Waals surface area contributed by atoms with E-state index >= 15 is 0 Å². The number of hydrogen-bond donors (Lipinski definition) is 1. The number of benzene rings is 2. The number of para-hydroxylation sites is 1. The van der Waals surface area contributed by atoms with Crippen molar-refractivity contribution in [1.29, 1.82) is 0 Å². The first-order valence-electron chi connectivity index (χ1n) is 6.87. The van der Waals surface area contributed by atoms with Crippen LogP contribution >= 0.6 is 0 Å². The molecule has 0 saturated heterocycles. The second kappa shape index (κ2) is 7.28. The van der Waals surface area contributed by atoms with Crippen LogP contribution in [0.1, 0.15) is 0 Å². The molecule has 2 aromatic rings. The zero-order valence-corrected chi connectivity index (χ0v) is 13.9. The smallest absolute Gasteiger partial charge is 0.245 e. The Morgan fingerprint density at radius 1 is 0.962 bits per heavy atom. The van der Waals surface area contributed by atoms with Crippen molar-refractivity contribution in [2.24, 2.45) is 0 Å². The van der Waals surface area contributed by atoms with E-state index in [4.69, 9.17) is 0 Å². The molecule has 2 aromatic carbocycles. The Morgan fingerprint density at radius 2 is 1.54 bits per heavy atom. The Kier molecular flexibility index (Phi) is 5.50. The van der Waals surface area contributed by atoms with Gasteiger partial charge in [-0.1, -0.05) is 6.07 Å². The van der Waals surface area contributed by atoms with Gasteiger partial charge in [-0.3, -0.25) is 9.10 Å². The van der Waals surface area contributed by atoms with Gasteiger partial charge in [0, 0.05) is 0 Å². The number of carbonyl (C=O) groups is 1. The summed E-state index contributed by atoms with van der Waals surface area (Å²) in [5.74, 6) is -8.77. The predicted octanol–water partition coefficient (Wildman–Crippen LogP) is 2.79. The van der Waals surface area contributed by atoms with Gasteiger partial charge in [-0.2, -0.15) is 0 Å². The van der Waals surface area contributed by atoms with Gasteiger partial charge in [-0.25, -0.2) is 30.4 Å². The van der Waals surface area contributed by atoms with Crippen LogP contribution in [0.3, 0.4) is 0 Å². The minimum atomic E-state index is -4.31. The highest BCUT2D eigenvalue weighted by atomic mass is 32.2. The van der Waals surface area contributed by atoms with E-state index in [1.165, 1.54) is 0 Å². The van der Waals surface area contributed by atoms with Crippen LogP contribution in [0, 0.1) is 29.1 Å². The van der Waals surface area contributed by atoms with Crippen LogP contribution in [0.4, 0.5) is 33.3 Å². The predicted molar refractivity (Wildman–Crippen MR) is 83.5 cm³/mol. The van der Waals surface area contributed by atoms with Crippen LogP contribution in [0.5, 0.6) is 0 Å². The van der Waals surface area contributed by atoms with E-state index in [1.807, 2.05) is 5.32 Å². The normalized spacial score (nSPS) is 11.3. The molecule has 0 aromatic heterocycles. The van der Waals surface area contributed by atoms with Crippen molar-refractivity contribution in [3.05, 3.63) is 59.4 Å². The molecule has 0 spiro atoms. The molecule has 11 heteroatoms. The largest absolute Gasteiger partial charge is 0.322 e. The SMILES string of the molecule is CS(=O)(=O)N(CC(=O)Nc1ccc(F)c(F)c1F)c1c(F)cccc1F. The highest BCUT2D eigenvalue weighted by molar-refractivity contribution is 7.92. The maximum atomic E-state index is 13.8. The summed E-state index contributed by atoms with van der Waals surface area (Å²) in [5, 5.41) is 1.82. The molecular weight excluding hydrogens is 383 g/mol. The molecule has 1 amide bonds. The Balaban J connectivity index is 2.33. The molecule has 1 N–H and O–H groups in total. The van der Waals surface area contributed by atoms with Crippen LogP contribution < -0.4 is 9.62 Å². The fraction of sp³-hybridized carbons (Fsp3) is 0.133. The molecule has 0 heterocycles. The number of rotatable bonds is 5. The van der Waals surface area contributed by atoms with Crippen molar-refractivity contribution >= 4 is 27.3 Å². The van der Waals surface area contributed by atoms with Crippen molar-refractivity contribution in [2.45, 2.75) is 0 Å². The summed E-state index contributed by atoms with van der Waals surface area (Å²) in [7, 11) is -4.31. The Morgan fingerprint density at radius 3 is 2.08 bits per heavy atom. The zero-order valence-electron chi connectivity index (χ0n) is 13.1. The molecule has 0 fully saturated rings. The summed E-state index contributed by atoms with van der Waals surface area (Å²) in [6, 6.07) is 3.80. The number of halogens is 5. The summed E-state index contributed by atoms with van der Waals surface area (Å²) in [6.07, 6.45) is 0.601. The van der Waals surface area contributed by atoms with E-state index in [0.717, 1.165) is 18.2 Å². The molecule has 5 nitrogen and oxygen atoms in total. The quantitative estimate of drug-likeness (QED) is 0.627. The highest BCUT2D eigenvalue weighted by Crippen LogP contribution is 2.26. The van der Waals surface area contributed by atoms with E-state index in [0.29, 0.717) is 18.4 Å². The molecule has 0 aliphatic heterocycles. The van der Waals surface area contributed by atoms with Gasteiger partial charge in [0.25, 0.3) is 0 Å². The Bertz CT molecular complexity index is 946. The maximum absolute atomic E-state index is 13.8. The van der Waals surface area contributed by atoms with Crippen LogP contribution in [-0.2, 0) is 14.8 Å². The van der Waals surface area contributed by atoms with Crippen LogP contribution in [0.2, 0.25) is 0 Å². The lowest BCUT2D eigenvalue weighted by Crippen LogP contribution is -2.38. The first-order valence-corrected chi connectivity index (χ1v) is 8.72. The lowest BCUT2D eigenvalue weighted by Gasteiger charge is -2.22. The van der Waals surface area contributed by atoms with Crippen LogP contribution in [0.25, 0.3) is 0 Å². The number of amides is 1. The summed E-state index contributed by atoms with van der Waals surface area (Å²) < 4.78 is 91.0. The summed E-state index contributed by atoms with van der Waals surface area (Å²) in [5.41, 5.74) is -1.77. The lowest BCUT2D eigenvalue weighted by molar-refractivity contribution is -0.114. The molecule has 140 valence electrons. The van der Waals surface area contributed by atoms with Crippen LogP contribution in [-0.4, -0.2) is 27.1 Å². The van der Waals surface area contributed by atoms with Gasteiger partial charge in [0.05, 0.1) is 11.9 Å². The average molecular weight is 394 g/mol. The average Bonchev–Trinajstić information content (AvgIpc) is 2.53. The number of nitrogens with one attached hydrogen (secondary N) is 1. The molecule has 0 unspecified atom stereocenters. The zero-order chi connectivity index (χ0) is 19.6. The van der Waals surface area contributed by atoms with Gasteiger partial charge in [0.15, 0.2) is 29.1 Å². The molecule has 0 atom stereocenters. The number of nitrogens with zero attached hydrogens (tertiary/aromatic N) is 1. The third-order valence-corrected chi connectivity index (χ3v) is 4.30. The summed E-state index contributed by atoms with van der Waals surface area (Å²) in [4.78, 5) is 12.0. The van der Waals surface area contributed by atoms with Crippen LogP contribution in [0.15, 0.2) is 30.3 Å². The fourth-order valence-corrected chi connectivity index (χ4v) is 2.89. The third kappa shape index (κ3) is 4.10. The molecule has 0 bridgehead atoms. The van der Waals surface area contributed by atoms with Crippen molar-refractivity contribution in [2.75, 3.05) is 22.4 Å². The monoisotopic (exact) mass is 394 g/mol. The maximum Gasteiger partial charge on any atom is 0.245 e. The van der Waals surface area contributed by atoms with Crippen molar-refractivity contribution in [3.63, 3.8) is 0 Å². The topological polar surface area (TPSA) is 66.5 Å². The minimum absolute atomic E-state index is 0.130. The lowest BCUT2D eigenvalue weighted by atomic mass is 10.2. The van der Waals surface area contributed by atoms with E-state index in [-0.39, 0.29) is 4.31 Å². The van der Waals surface area contributed by atoms with Gasteiger partial charge < -0.3 is 5.32 Å². The number of hydrogen-bond acceptors (Lipinski definition) is 3. The van der Waals surface area contributed by atoms with Gasteiger partial charge in [-0.15, -0.1) is 0 Å². The molecule has 0 aliphatic carbocycles. The third-order valence-electron chi connectivity index (χ3n) is 3.18. The molecule has 26 heavy (non-hydrogen) atoms. The molecule has 2 rings (SSSR count). The van der Waals surface area contributed by atoms with Crippen molar-refractivity contribution in [3.8, 4) is 0 Å². The Hall–Kier alpha value is -2.69. The molecule has 0 radical (unpaired) electrons. The van der Waals surface area contributed by atoms with Gasteiger partial charge in [0.1, 0.15) is 12.2 Å². The van der Waals surface area contributed by atoms with Gasteiger partial charge in [0.2, 0.25) is 15.9 Å². The van der Waals surface area contributed by atoms with Crippen molar-refractivity contribution < 1.29 is 35.2 Å². The number of carbonyl (C=O) groups excluding carboxylic acids is 1. The molecular formula is C15H11F5N2O3S. The second-order valence-electron chi connectivity index (χ2n) is 5.11. The van der Waals surface area contributed by atoms with Crippen molar-refractivity contribution in [1.82, 2.24) is 0 Å². The van der Waals surface area contributed by atoms with Gasteiger partial charge in [-0.05, 0) is 24.3 Å². The highest BCUT2D eigenvalue weighted by Gasteiger charge is 2.27. The standard InChI is InChI=1S/C15H11F5N2O3S/c1-26(24,25)22(15-9(17)3-2-4-10(15)18)7-12(23)21-11-6-5-8(16)13(19)14(11)20/h2-6H,7H2,1H3,(H,21,23). The summed E-state index contributed by atoms with van der Waals surface area (Å²) >= 11 is 0. The number of anilines is 2. The first-order chi connectivity index (χ1) is 12.0. The van der Waals surface area contributed by atoms with E-state index in [9.17, 15) is 35.2 Å². The van der Waals surface area contributed by atoms with E-state index in [2.05, 4.69) is 0 Å². The fourth-order valence-electron chi connectivity index (χ4n) is 2.03. The number of sulfonamides is 1. The molecule has 0 aliphatic rings. The summed E-state index contributed by atoms with van der Waals surface area (Å²) in [6.45, 7) is -1.13.